The topological polar surface area (TPSA) is 92.5 Å². The molecule has 0 radical (unpaired) electrons. The quantitative estimate of drug-likeness (QED) is 0.886. The maximum atomic E-state index is 12.6. The molecule has 3 rings (SSSR count). The Morgan fingerprint density at radius 1 is 1.57 bits per heavy atom. The number of hydrogen-bond acceptors (Lipinski definition) is 4. The monoisotopic (exact) mass is 313 g/mol. The van der Waals surface area contributed by atoms with Gasteiger partial charge in [-0.1, -0.05) is 6.42 Å². The van der Waals surface area contributed by atoms with Crippen LogP contribution >= 0.6 is 0 Å². The molecule has 2 fully saturated rings. The van der Waals surface area contributed by atoms with E-state index in [-0.39, 0.29) is 17.4 Å². The van der Waals surface area contributed by atoms with Gasteiger partial charge in [0.05, 0.1) is 11.6 Å². The van der Waals surface area contributed by atoms with E-state index in [0.717, 1.165) is 12.8 Å². The van der Waals surface area contributed by atoms with Crippen LogP contribution in [0.1, 0.15) is 26.2 Å². The van der Waals surface area contributed by atoms with E-state index in [1.54, 1.807) is 4.68 Å². The van der Waals surface area contributed by atoms with Gasteiger partial charge in [0.25, 0.3) is 0 Å². The van der Waals surface area contributed by atoms with Crippen molar-refractivity contribution < 1.29 is 18.3 Å². The molecule has 2 atom stereocenters. The smallest absolute Gasteiger partial charge is 0.311 e. The predicted molar refractivity (Wildman–Crippen MR) is 74.1 cm³/mol. The molecule has 2 aliphatic rings. The lowest BCUT2D eigenvalue weighted by Gasteiger charge is -2.23. The number of sulfonamides is 1. The van der Waals surface area contributed by atoms with Crippen molar-refractivity contribution in [3.05, 3.63) is 12.4 Å². The molecule has 0 bridgehead atoms. The maximum Gasteiger partial charge on any atom is 0.311 e. The molecule has 0 spiro atoms. The summed E-state index contributed by atoms with van der Waals surface area (Å²) in [6.07, 6.45) is 5.04. The van der Waals surface area contributed by atoms with Crippen LogP contribution in [0.15, 0.2) is 17.3 Å². The molecule has 0 unspecified atom stereocenters. The van der Waals surface area contributed by atoms with E-state index in [0.29, 0.717) is 19.5 Å². The van der Waals surface area contributed by atoms with Crippen LogP contribution < -0.4 is 0 Å². The van der Waals surface area contributed by atoms with E-state index in [2.05, 4.69) is 5.10 Å². The Morgan fingerprint density at radius 2 is 2.33 bits per heavy atom. The van der Waals surface area contributed by atoms with E-state index >= 15 is 0 Å². The van der Waals surface area contributed by atoms with Crippen molar-refractivity contribution in [3.8, 4) is 0 Å². The third kappa shape index (κ3) is 2.08. The second-order valence-corrected chi connectivity index (χ2v) is 7.82. The summed E-state index contributed by atoms with van der Waals surface area (Å²) < 4.78 is 28.2. The molecule has 8 heteroatoms. The number of fused-ring (bicyclic) bond motifs is 1. The fraction of sp³-hybridized carbons (Fsp3) is 0.692. The molecule has 116 valence electrons. The third-order valence-electron chi connectivity index (χ3n) is 4.84. The summed E-state index contributed by atoms with van der Waals surface area (Å²) >= 11 is 0. The fourth-order valence-corrected chi connectivity index (χ4v) is 5.09. The second-order valence-electron chi connectivity index (χ2n) is 5.88. The summed E-state index contributed by atoms with van der Waals surface area (Å²) in [6.45, 7) is 2.85. The highest BCUT2D eigenvalue weighted by atomic mass is 32.2. The number of carboxylic acid groups (broad SMARTS) is 1. The molecule has 1 saturated carbocycles. The van der Waals surface area contributed by atoms with Gasteiger partial charge in [0.15, 0.2) is 0 Å². The minimum atomic E-state index is -3.65. The SMILES string of the molecule is CCn1cc(S(=O)(=O)N2C[C@@H]3CCC[C@@]3(C(=O)O)C2)cn1. The average molecular weight is 313 g/mol. The highest BCUT2D eigenvalue weighted by molar-refractivity contribution is 7.89. The summed E-state index contributed by atoms with van der Waals surface area (Å²) in [5.41, 5.74) is -0.895. The highest BCUT2D eigenvalue weighted by Gasteiger charge is 2.57. The Hall–Kier alpha value is -1.41. The number of aromatic nitrogens is 2. The van der Waals surface area contributed by atoms with Crippen LogP contribution in [0.3, 0.4) is 0 Å². The van der Waals surface area contributed by atoms with Gasteiger partial charge in [0.1, 0.15) is 4.90 Å². The number of carbonyl (C=O) groups is 1. The van der Waals surface area contributed by atoms with Crippen molar-refractivity contribution in [2.24, 2.45) is 11.3 Å². The van der Waals surface area contributed by atoms with Gasteiger partial charge in [-0.2, -0.15) is 9.40 Å². The molecule has 1 N–H and O–H groups in total. The molecule has 1 saturated heterocycles. The average Bonchev–Trinajstić information content (AvgIpc) is 3.12. The molecular weight excluding hydrogens is 294 g/mol. The van der Waals surface area contributed by atoms with Gasteiger partial charge in [-0.05, 0) is 25.7 Å². The first-order chi connectivity index (χ1) is 9.90. The Bertz CT molecular complexity index is 669. The largest absolute Gasteiger partial charge is 0.481 e. The Morgan fingerprint density at radius 3 is 2.90 bits per heavy atom. The molecule has 2 heterocycles. The van der Waals surface area contributed by atoms with Crippen LogP contribution in [0.5, 0.6) is 0 Å². The number of aryl methyl sites for hydroxylation is 1. The molecule has 0 aromatic carbocycles. The van der Waals surface area contributed by atoms with E-state index in [1.807, 2.05) is 6.92 Å². The molecule has 1 aliphatic carbocycles. The van der Waals surface area contributed by atoms with E-state index in [1.165, 1.54) is 16.7 Å². The van der Waals surface area contributed by atoms with Crippen LogP contribution in [-0.2, 0) is 21.4 Å². The van der Waals surface area contributed by atoms with Gasteiger partial charge in [-0.3, -0.25) is 9.48 Å². The van der Waals surface area contributed by atoms with Gasteiger partial charge >= 0.3 is 5.97 Å². The van der Waals surface area contributed by atoms with Crippen molar-refractivity contribution in [1.82, 2.24) is 14.1 Å². The predicted octanol–water partition coefficient (Wildman–Crippen LogP) is 0.778. The minimum Gasteiger partial charge on any atom is -0.481 e. The number of hydrogen-bond donors (Lipinski definition) is 1. The first-order valence-corrected chi connectivity index (χ1v) is 8.60. The molecular formula is C13H19N3O4S. The Labute approximate surface area is 123 Å². The Balaban J connectivity index is 1.90. The summed E-state index contributed by atoms with van der Waals surface area (Å²) in [6, 6.07) is 0. The number of aliphatic carboxylic acids is 1. The van der Waals surface area contributed by atoms with Crippen molar-refractivity contribution in [3.63, 3.8) is 0 Å². The van der Waals surface area contributed by atoms with Gasteiger partial charge < -0.3 is 5.11 Å². The minimum absolute atomic E-state index is 0.0760. The van der Waals surface area contributed by atoms with Gasteiger partial charge in [-0.25, -0.2) is 8.42 Å². The lowest BCUT2D eigenvalue weighted by atomic mass is 9.81. The fourth-order valence-electron chi connectivity index (χ4n) is 3.58. The van der Waals surface area contributed by atoms with Crippen molar-refractivity contribution in [1.29, 1.82) is 0 Å². The summed E-state index contributed by atoms with van der Waals surface area (Å²) in [5, 5.41) is 13.5. The zero-order valence-corrected chi connectivity index (χ0v) is 12.7. The van der Waals surface area contributed by atoms with Crippen LogP contribution in [0.25, 0.3) is 0 Å². The molecule has 0 amide bonds. The zero-order chi connectivity index (χ0) is 15.3. The molecule has 7 nitrogen and oxygen atoms in total. The van der Waals surface area contributed by atoms with Gasteiger partial charge in [0, 0.05) is 25.8 Å². The summed E-state index contributed by atoms with van der Waals surface area (Å²) in [5.74, 6) is -0.946. The third-order valence-corrected chi connectivity index (χ3v) is 6.60. The van der Waals surface area contributed by atoms with Crippen molar-refractivity contribution in [2.45, 2.75) is 37.6 Å². The van der Waals surface area contributed by atoms with Gasteiger partial charge in [-0.15, -0.1) is 0 Å². The first-order valence-electron chi connectivity index (χ1n) is 7.16. The number of nitrogens with zero attached hydrogens (tertiary/aromatic N) is 3. The summed E-state index contributed by atoms with van der Waals surface area (Å²) in [7, 11) is -3.65. The Kier molecular flexibility index (Phi) is 3.32. The van der Waals surface area contributed by atoms with Gasteiger partial charge in [0.2, 0.25) is 10.0 Å². The first kappa shape index (κ1) is 14.5. The second kappa shape index (κ2) is 4.81. The zero-order valence-electron chi connectivity index (χ0n) is 11.9. The molecule has 1 aromatic rings. The lowest BCUT2D eigenvalue weighted by molar-refractivity contribution is -0.149. The standard InChI is InChI=1S/C13H19N3O4S/c1-2-15-8-11(6-14-15)21(19,20)16-7-10-4-3-5-13(10,9-16)12(17)18/h6,8,10H,2-5,7,9H2,1H3,(H,17,18)/t10-,13+/m0/s1. The molecule has 1 aromatic heterocycles. The lowest BCUT2D eigenvalue weighted by Crippen LogP contribution is -2.37. The van der Waals surface area contributed by atoms with Crippen molar-refractivity contribution >= 4 is 16.0 Å². The van der Waals surface area contributed by atoms with Crippen LogP contribution in [0.4, 0.5) is 0 Å². The van der Waals surface area contributed by atoms with Crippen LogP contribution in [0.2, 0.25) is 0 Å². The normalized spacial score (nSPS) is 29.7. The maximum absolute atomic E-state index is 12.6. The highest BCUT2D eigenvalue weighted by Crippen LogP contribution is 2.50. The summed E-state index contributed by atoms with van der Waals surface area (Å²) in [4.78, 5) is 11.8. The number of rotatable bonds is 4. The van der Waals surface area contributed by atoms with Crippen LogP contribution in [0, 0.1) is 11.3 Å². The van der Waals surface area contributed by atoms with Crippen molar-refractivity contribution in [2.75, 3.05) is 13.1 Å². The number of carboxylic acids is 1. The van der Waals surface area contributed by atoms with E-state index in [4.69, 9.17) is 0 Å². The van der Waals surface area contributed by atoms with E-state index < -0.39 is 21.4 Å². The molecule has 21 heavy (non-hydrogen) atoms. The molecule has 1 aliphatic heterocycles. The van der Waals surface area contributed by atoms with E-state index in [9.17, 15) is 18.3 Å². The van der Waals surface area contributed by atoms with Crippen LogP contribution in [-0.4, -0.2) is 46.7 Å².